The van der Waals surface area contributed by atoms with E-state index in [9.17, 15) is 23.6 Å². The Morgan fingerprint density at radius 3 is 2.29 bits per heavy atom. The van der Waals surface area contributed by atoms with Gasteiger partial charge in [-0.15, -0.1) is 0 Å². The standard InChI is InChI=1S/C25H27FN4O4S/c1-15(2)21(29-24(32)22-23(31)28-20-6-4-3-5-19(20)27-22)25(33)30-13-11-18(12-14-30)35(34)17-9-7-16(26)8-10-17/h3-10,15,18,21H,11-14H2,1-2H3,(H,28,31)(H,29,32)/t21-,35?/m0/s1. The Morgan fingerprint density at radius 1 is 1.09 bits per heavy atom. The van der Waals surface area contributed by atoms with E-state index in [1.165, 1.54) is 24.3 Å². The van der Waals surface area contributed by atoms with Gasteiger partial charge in [-0.1, -0.05) is 26.0 Å². The summed E-state index contributed by atoms with van der Waals surface area (Å²) in [6.45, 7) is 4.45. The van der Waals surface area contributed by atoms with E-state index in [1.807, 2.05) is 13.8 Å². The SMILES string of the molecule is CC(C)[C@H](NC(=O)c1nc2ccccc2nc1O)C(=O)N1CCC([S+]([O-])c2ccc(F)cc2)CC1. The van der Waals surface area contributed by atoms with Crippen LogP contribution >= 0.6 is 0 Å². The van der Waals surface area contributed by atoms with E-state index >= 15 is 0 Å². The number of amides is 2. The van der Waals surface area contributed by atoms with E-state index in [-0.39, 0.29) is 28.6 Å². The summed E-state index contributed by atoms with van der Waals surface area (Å²) in [5.74, 6) is -2.02. The fourth-order valence-corrected chi connectivity index (χ4v) is 5.54. The molecule has 2 aromatic carbocycles. The largest absolute Gasteiger partial charge is 0.611 e. The van der Waals surface area contributed by atoms with Crippen molar-refractivity contribution in [3.63, 3.8) is 0 Å². The summed E-state index contributed by atoms with van der Waals surface area (Å²) < 4.78 is 26.0. The van der Waals surface area contributed by atoms with Gasteiger partial charge in [-0.25, -0.2) is 14.4 Å². The van der Waals surface area contributed by atoms with E-state index < -0.39 is 29.0 Å². The van der Waals surface area contributed by atoms with Gasteiger partial charge in [0.1, 0.15) is 17.1 Å². The molecule has 10 heteroatoms. The number of fused-ring (bicyclic) bond motifs is 1. The molecule has 2 heterocycles. The van der Waals surface area contributed by atoms with E-state index in [4.69, 9.17) is 0 Å². The minimum Gasteiger partial charge on any atom is -0.611 e. The van der Waals surface area contributed by atoms with Gasteiger partial charge < -0.3 is 19.9 Å². The Bertz CT molecular complexity index is 1220. The van der Waals surface area contributed by atoms with Crippen LogP contribution in [0.2, 0.25) is 0 Å². The first-order chi connectivity index (χ1) is 16.7. The topological polar surface area (TPSA) is 118 Å². The maximum atomic E-state index is 13.3. The predicted octanol–water partition coefficient (Wildman–Crippen LogP) is 3.03. The number of aromatic hydroxyl groups is 1. The maximum absolute atomic E-state index is 13.3. The third-order valence-corrected chi connectivity index (χ3v) is 7.90. The molecule has 0 aliphatic carbocycles. The summed E-state index contributed by atoms with van der Waals surface area (Å²) in [6, 6.07) is 11.7. The van der Waals surface area contributed by atoms with Crippen molar-refractivity contribution < 1.29 is 23.6 Å². The van der Waals surface area contributed by atoms with Crippen LogP contribution in [-0.2, 0) is 16.0 Å². The number of carbonyl (C=O) groups excluding carboxylic acids is 2. The minimum atomic E-state index is -1.29. The highest BCUT2D eigenvalue weighted by atomic mass is 32.2. The van der Waals surface area contributed by atoms with Gasteiger partial charge in [0.2, 0.25) is 11.8 Å². The molecule has 0 saturated carbocycles. The molecule has 0 spiro atoms. The van der Waals surface area contributed by atoms with Crippen LogP contribution in [0.4, 0.5) is 4.39 Å². The van der Waals surface area contributed by atoms with Gasteiger partial charge in [0.15, 0.2) is 10.6 Å². The molecule has 1 aliphatic rings. The molecule has 1 unspecified atom stereocenters. The zero-order chi connectivity index (χ0) is 25.1. The molecule has 4 rings (SSSR count). The monoisotopic (exact) mass is 498 g/mol. The number of nitrogens with one attached hydrogen (secondary N) is 1. The molecule has 8 nitrogen and oxygen atoms in total. The van der Waals surface area contributed by atoms with Gasteiger partial charge in [0.05, 0.1) is 11.0 Å². The van der Waals surface area contributed by atoms with E-state index in [1.54, 1.807) is 29.2 Å². The Morgan fingerprint density at radius 2 is 1.69 bits per heavy atom. The van der Waals surface area contributed by atoms with Gasteiger partial charge in [-0.3, -0.25) is 9.59 Å². The molecule has 2 atom stereocenters. The van der Waals surface area contributed by atoms with Crippen molar-refractivity contribution in [1.29, 1.82) is 0 Å². The molecule has 0 radical (unpaired) electrons. The van der Waals surface area contributed by atoms with Gasteiger partial charge in [-0.05, 0) is 53.5 Å². The van der Waals surface area contributed by atoms with Crippen molar-refractivity contribution in [2.24, 2.45) is 5.92 Å². The number of benzene rings is 2. The highest BCUT2D eigenvalue weighted by Crippen LogP contribution is 2.26. The van der Waals surface area contributed by atoms with Crippen LogP contribution in [0.3, 0.4) is 0 Å². The lowest BCUT2D eigenvalue weighted by Gasteiger charge is -2.35. The molecule has 2 N–H and O–H groups in total. The van der Waals surface area contributed by atoms with Gasteiger partial charge in [-0.2, -0.15) is 0 Å². The summed E-state index contributed by atoms with van der Waals surface area (Å²) in [7, 11) is 0. The lowest BCUT2D eigenvalue weighted by atomic mass is 10.0. The molecule has 184 valence electrons. The molecule has 3 aromatic rings. The van der Waals surface area contributed by atoms with Crippen molar-refractivity contribution in [1.82, 2.24) is 20.2 Å². The molecule has 2 amide bonds. The van der Waals surface area contributed by atoms with Gasteiger partial charge >= 0.3 is 0 Å². The zero-order valence-electron chi connectivity index (χ0n) is 19.5. The highest BCUT2D eigenvalue weighted by Gasteiger charge is 2.35. The quantitative estimate of drug-likeness (QED) is 0.505. The number of likely N-dealkylation sites (tertiary alicyclic amines) is 1. The lowest BCUT2D eigenvalue weighted by molar-refractivity contribution is -0.135. The average Bonchev–Trinajstić information content (AvgIpc) is 2.86. The van der Waals surface area contributed by atoms with Gasteiger partial charge in [0, 0.05) is 25.9 Å². The highest BCUT2D eigenvalue weighted by molar-refractivity contribution is 7.92. The molecule has 0 bridgehead atoms. The first kappa shape index (κ1) is 24.9. The molecule has 35 heavy (non-hydrogen) atoms. The number of piperidine rings is 1. The third-order valence-electron chi connectivity index (χ3n) is 6.09. The number of halogens is 1. The van der Waals surface area contributed by atoms with Crippen LogP contribution in [0, 0.1) is 11.7 Å². The summed E-state index contributed by atoms with van der Waals surface area (Å²) in [6.07, 6.45) is 1.07. The smallest absolute Gasteiger partial charge is 0.276 e. The van der Waals surface area contributed by atoms with Crippen LogP contribution in [0.1, 0.15) is 37.2 Å². The third kappa shape index (κ3) is 5.54. The predicted molar refractivity (Wildman–Crippen MR) is 130 cm³/mol. The normalized spacial score (nSPS) is 16.3. The second-order valence-electron chi connectivity index (χ2n) is 8.86. The Hall–Kier alpha value is -3.24. The minimum absolute atomic E-state index is 0.138. The number of rotatable bonds is 6. The molecular formula is C25H27FN4O4S. The Labute approximate surface area is 205 Å². The number of aromatic nitrogens is 2. The number of carbonyl (C=O) groups is 2. The van der Waals surface area contributed by atoms with E-state index in [0.717, 1.165) is 0 Å². The molecular weight excluding hydrogens is 471 g/mol. The second kappa shape index (κ2) is 10.6. The lowest BCUT2D eigenvalue weighted by Crippen LogP contribution is -2.54. The summed E-state index contributed by atoms with van der Waals surface area (Å²) in [5.41, 5.74) is 0.675. The second-order valence-corrected chi connectivity index (χ2v) is 10.6. The zero-order valence-corrected chi connectivity index (χ0v) is 20.3. The first-order valence-corrected chi connectivity index (χ1v) is 12.7. The Kier molecular flexibility index (Phi) is 7.51. The van der Waals surface area contributed by atoms with Gasteiger partial charge in [0.25, 0.3) is 5.91 Å². The van der Waals surface area contributed by atoms with Crippen LogP contribution < -0.4 is 5.32 Å². The number of hydrogen-bond donors (Lipinski definition) is 2. The summed E-state index contributed by atoms with van der Waals surface area (Å²) >= 11 is -1.29. The number of para-hydroxylation sites is 2. The van der Waals surface area contributed by atoms with Crippen LogP contribution in [-0.4, -0.2) is 60.7 Å². The van der Waals surface area contributed by atoms with Crippen LogP contribution in [0.15, 0.2) is 53.4 Å². The number of nitrogens with zero attached hydrogens (tertiary/aromatic N) is 3. The van der Waals surface area contributed by atoms with Crippen LogP contribution in [0.25, 0.3) is 11.0 Å². The summed E-state index contributed by atoms with van der Waals surface area (Å²) in [5, 5.41) is 12.8. The molecule has 1 aliphatic heterocycles. The van der Waals surface area contributed by atoms with E-state index in [2.05, 4.69) is 15.3 Å². The molecule has 1 fully saturated rings. The summed E-state index contributed by atoms with van der Waals surface area (Å²) in [4.78, 5) is 36.7. The fourth-order valence-electron chi connectivity index (χ4n) is 4.11. The van der Waals surface area contributed by atoms with Crippen molar-refractivity contribution in [3.05, 3.63) is 60.0 Å². The molecule has 1 aromatic heterocycles. The first-order valence-electron chi connectivity index (χ1n) is 11.5. The van der Waals surface area contributed by atoms with Crippen molar-refractivity contribution in [3.8, 4) is 5.88 Å². The average molecular weight is 499 g/mol. The molecule has 1 saturated heterocycles. The van der Waals surface area contributed by atoms with Crippen molar-refractivity contribution in [2.75, 3.05) is 13.1 Å². The van der Waals surface area contributed by atoms with E-state index in [0.29, 0.717) is 41.9 Å². The Balaban J connectivity index is 1.41. The fraction of sp³-hybridized carbons (Fsp3) is 0.360. The van der Waals surface area contributed by atoms with Crippen LogP contribution in [0.5, 0.6) is 5.88 Å². The van der Waals surface area contributed by atoms with Crippen molar-refractivity contribution >= 4 is 34.0 Å². The van der Waals surface area contributed by atoms with Crippen molar-refractivity contribution in [2.45, 2.75) is 42.9 Å². The number of hydrogen-bond acceptors (Lipinski definition) is 6. The maximum Gasteiger partial charge on any atom is 0.276 e.